The van der Waals surface area contributed by atoms with Crippen LogP contribution in [0.3, 0.4) is 0 Å². The molecule has 2 aliphatic heterocycles. The number of aryl methyl sites for hydroxylation is 1. The van der Waals surface area contributed by atoms with Crippen molar-refractivity contribution >= 4 is 5.69 Å². The highest BCUT2D eigenvalue weighted by atomic mass is 16.6. The third kappa shape index (κ3) is 2.53. The topological polar surface area (TPSA) is 79.5 Å². The molecule has 6 heteroatoms. The van der Waals surface area contributed by atoms with E-state index in [1.807, 2.05) is 0 Å². The van der Waals surface area contributed by atoms with Crippen molar-refractivity contribution in [1.82, 2.24) is 9.88 Å². The summed E-state index contributed by atoms with van der Waals surface area (Å²) in [4.78, 5) is 17.7. The highest BCUT2D eigenvalue weighted by Gasteiger charge is 2.40. The maximum atomic E-state index is 11.2. The molecule has 2 fully saturated rings. The van der Waals surface area contributed by atoms with Crippen molar-refractivity contribution in [1.29, 1.82) is 0 Å². The molecule has 114 valence electrons. The molecule has 1 aromatic heterocycles. The van der Waals surface area contributed by atoms with Crippen LogP contribution >= 0.6 is 0 Å². The number of pyridine rings is 1. The van der Waals surface area contributed by atoms with Gasteiger partial charge in [0.15, 0.2) is 0 Å². The maximum Gasteiger partial charge on any atom is 0.278 e. The van der Waals surface area contributed by atoms with Crippen LogP contribution in [0, 0.1) is 24.0 Å². The normalized spacial score (nSPS) is 28.8. The minimum Gasteiger partial charge on any atom is -0.393 e. The van der Waals surface area contributed by atoms with E-state index in [0.29, 0.717) is 29.8 Å². The number of fused-ring (bicyclic) bond motifs is 2. The summed E-state index contributed by atoms with van der Waals surface area (Å²) in [7, 11) is 0. The van der Waals surface area contributed by atoms with Crippen LogP contribution in [0.2, 0.25) is 0 Å². The monoisotopic (exact) mass is 291 g/mol. The Balaban J connectivity index is 1.86. The molecule has 21 heavy (non-hydrogen) atoms. The molecular formula is C15H21N3O3. The molecule has 6 nitrogen and oxygen atoms in total. The van der Waals surface area contributed by atoms with E-state index >= 15 is 0 Å². The van der Waals surface area contributed by atoms with Gasteiger partial charge in [-0.2, -0.15) is 0 Å². The van der Waals surface area contributed by atoms with Crippen LogP contribution in [-0.4, -0.2) is 38.1 Å². The highest BCUT2D eigenvalue weighted by Crippen LogP contribution is 2.37. The van der Waals surface area contributed by atoms with E-state index in [1.54, 1.807) is 20.0 Å². The zero-order chi connectivity index (χ0) is 15.1. The fourth-order valence-electron chi connectivity index (χ4n) is 3.88. The maximum absolute atomic E-state index is 11.2. The molecule has 0 aromatic carbocycles. The fourth-order valence-corrected chi connectivity index (χ4v) is 3.88. The lowest BCUT2D eigenvalue weighted by atomic mass is 9.99. The standard InChI is InChI=1S/C15H21N3O3/c1-9-7-16-14(10(2)15(9)18(20)21)8-17-11-3-4-12(17)6-13(19)5-11/h7,11-13,19H,3-6,8H2,1-2H3. The number of aliphatic hydroxyl groups excluding tert-OH is 1. The summed E-state index contributed by atoms with van der Waals surface area (Å²) in [5, 5.41) is 21.1. The first kappa shape index (κ1) is 14.4. The summed E-state index contributed by atoms with van der Waals surface area (Å²) in [6, 6.07) is 0.778. The second kappa shape index (κ2) is 5.35. The van der Waals surface area contributed by atoms with Crippen LogP contribution in [0.5, 0.6) is 0 Å². The largest absolute Gasteiger partial charge is 0.393 e. The number of rotatable bonds is 3. The van der Waals surface area contributed by atoms with Crippen LogP contribution in [0.1, 0.15) is 42.5 Å². The molecule has 2 bridgehead atoms. The van der Waals surface area contributed by atoms with Crippen LogP contribution in [-0.2, 0) is 6.54 Å². The van der Waals surface area contributed by atoms with Gasteiger partial charge in [0.05, 0.1) is 16.7 Å². The van der Waals surface area contributed by atoms with Gasteiger partial charge in [-0.05, 0) is 39.5 Å². The van der Waals surface area contributed by atoms with Crippen LogP contribution < -0.4 is 0 Å². The van der Waals surface area contributed by atoms with E-state index in [9.17, 15) is 15.2 Å². The molecule has 0 radical (unpaired) electrons. The lowest BCUT2D eigenvalue weighted by Crippen LogP contribution is -2.44. The van der Waals surface area contributed by atoms with Gasteiger partial charge in [-0.3, -0.25) is 20.0 Å². The van der Waals surface area contributed by atoms with E-state index < -0.39 is 0 Å². The predicted molar refractivity (Wildman–Crippen MR) is 78.0 cm³/mol. The van der Waals surface area contributed by atoms with Gasteiger partial charge in [0.2, 0.25) is 0 Å². The number of nitro groups is 1. The number of aliphatic hydroxyl groups is 1. The molecule has 0 saturated carbocycles. The minimum absolute atomic E-state index is 0.185. The van der Waals surface area contributed by atoms with E-state index in [2.05, 4.69) is 9.88 Å². The Labute approximate surface area is 123 Å². The van der Waals surface area contributed by atoms with E-state index in [4.69, 9.17) is 0 Å². The van der Waals surface area contributed by atoms with Crippen molar-refractivity contribution in [3.05, 3.63) is 33.1 Å². The molecule has 0 amide bonds. The molecule has 0 aliphatic carbocycles. The van der Waals surface area contributed by atoms with Crippen LogP contribution in [0.15, 0.2) is 6.20 Å². The molecule has 3 rings (SSSR count). The van der Waals surface area contributed by atoms with E-state index in [-0.39, 0.29) is 16.7 Å². The third-order valence-electron chi connectivity index (χ3n) is 4.95. The average molecular weight is 291 g/mol. The van der Waals surface area contributed by atoms with E-state index in [0.717, 1.165) is 31.4 Å². The summed E-state index contributed by atoms with van der Waals surface area (Å²) < 4.78 is 0. The lowest BCUT2D eigenvalue weighted by Gasteiger charge is -2.37. The van der Waals surface area contributed by atoms with Gasteiger partial charge < -0.3 is 5.11 Å². The summed E-state index contributed by atoms with van der Waals surface area (Å²) in [5.74, 6) is 0. The minimum atomic E-state index is -0.315. The van der Waals surface area contributed by atoms with Crippen molar-refractivity contribution in [2.75, 3.05) is 0 Å². The van der Waals surface area contributed by atoms with Crippen molar-refractivity contribution < 1.29 is 10.0 Å². The average Bonchev–Trinajstić information content (AvgIpc) is 2.64. The first-order valence-electron chi connectivity index (χ1n) is 7.50. The van der Waals surface area contributed by atoms with Crippen molar-refractivity contribution in [3.8, 4) is 0 Å². The Morgan fingerprint density at radius 3 is 2.57 bits per heavy atom. The zero-order valence-electron chi connectivity index (χ0n) is 12.5. The third-order valence-corrected chi connectivity index (χ3v) is 4.95. The van der Waals surface area contributed by atoms with E-state index in [1.165, 1.54) is 0 Å². The molecular weight excluding hydrogens is 270 g/mol. The molecule has 0 spiro atoms. The Morgan fingerprint density at radius 1 is 1.38 bits per heavy atom. The molecule has 2 aliphatic rings. The predicted octanol–water partition coefficient (Wildman–Crippen LogP) is 2.09. The molecule has 3 heterocycles. The molecule has 2 unspecified atom stereocenters. The van der Waals surface area contributed by atoms with Gasteiger partial charge in [-0.15, -0.1) is 0 Å². The Bertz CT molecular complexity index is 562. The smallest absolute Gasteiger partial charge is 0.278 e. The Kier molecular flexibility index (Phi) is 3.67. The number of piperidine rings is 1. The second-order valence-electron chi connectivity index (χ2n) is 6.30. The number of nitrogens with zero attached hydrogens (tertiary/aromatic N) is 3. The summed E-state index contributed by atoms with van der Waals surface area (Å²) in [6.07, 6.45) is 5.23. The van der Waals surface area contributed by atoms with Gasteiger partial charge in [0, 0.05) is 36.0 Å². The Hall–Kier alpha value is -1.53. The number of hydrogen-bond acceptors (Lipinski definition) is 5. The van der Waals surface area contributed by atoms with Gasteiger partial charge in [0.25, 0.3) is 5.69 Å². The Morgan fingerprint density at radius 2 is 2.00 bits per heavy atom. The van der Waals surface area contributed by atoms with Crippen LogP contribution in [0.25, 0.3) is 0 Å². The van der Waals surface area contributed by atoms with Gasteiger partial charge in [-0.25, -0.2) is 0 Å². The van der Waals surface area contributed by atoms with Crippen molar-refractivity contribution in [2.24, 2.45) is 0 Å². The first-order chi connectivity index (χ1) is 9.97. The molecule has 1 aromatic rings. The first-order valence-corrected chi connectivity index (χ1v) is 7.50. The van der Waals surface area contributed by atoms with Crippen molar-refractivity contribution in [3.63, 3.8) is 0 Å². The van der Waals surface area contributed by atoms with Gasteiger partial charge >= 0.3 is 0 Å². The number of aromatic nitrogens is 1. The summed E-state index contributed by atoms with van der Waals surface area (Å²) in [5.41, 5.74) is 2.26. The van der Waals surface area contributed by atoms with Gasteiger partial charge in [-0.1, -0.05) is 0 Å². The summed E-state index contributed by atoms with van der Waals surface area (Å²) >= 11 is 0. The van der Waals surface area contributed by atoms with Crippen LogP contribution in [0.4, 0.5) is 5.69 Å². The second-order valence-corrected chi connectivity index (χ2v) is 6.30. The molecule has 2 saturated heterocycles. The highest BCUT2D eigenvalue weighted by molar-refractivity contribution is 5.47. The number of hydrogen-bond donors (Lipinski definition) is 1. The molecule has 1 N–H and O–H groups in total. The van der Waals surface area contributed by atoms with Crippen molar-refractivity contribution in [2.45, 2.75) is 64.3 Å². The fraction of sp³-hybridized carbons (Fsp3) is 0.667. The van der Waals surface area contributed by atoms with Gasteiger partial charge in [0.1, 0.15) is 0 Å². The molecule has 2 atom stereocenters. The zero-order valence-corrected chi connectivity index (χ0v) is 12.5. The summed E-state index contributed by atoms with van der Waals surface area (Å²) in [6.45, 7) is 4.16. The quantitative estimate of drug-likeness (QED) is 0.681. The SMILES string of the molecule is Cc1cnc(CN2C3CCC2CC(O)C3)c(C)c1[N+](=O)[O-]. The lowest BCUT2D eigenvalue weighted by molar-refractivity contribution is -0.386.